The fourth-order valence-corrected chi connectivity index (χ4v) is 1.81. The standard InChI is InChI=1S/C10H12F2N2O2S/c11-7-3-6(17-2-1-13)4-8(12)10(7)16-5-9(14)15/h3-4H,1-2,5,13H2,(H2,14,15). The first kappa shape index (κ1) is 13.7. The average Bonchev–Trinajstić information content (AvgIpc) is 2.24. The first-order valence-corrected chi connectivity index (χ1v) is 5.76. The zero-order valence-electron chi connectivity index (χ0n) is 8.91. The van der Waals surface area contributed by atoms with Crippen molar-refractivity contribution in [3.63, 3.8) is 0 Å². The normalized spacial score (nSPS) is 10.3. The third kappa shape index (κ3) is 4.20. The van der Waals surface area contributed by atoms with E-state index < -0.39 is 29.9 Å². The number of nitrogens with two attached hydrogens (primary N) is 2. The summed E-state index contributed by atoms with van der Waals surface area (Å²) in [4.78, 5) is 10.9. The number of amides is 1. The Labute approximate surface area is 101 Å². The van der Waals surface area contributed by atoms with E-state index in [1.54, 1.807) is 0 Å². The lowest BCUT2D eigenvalue weighted by atomic mass is 10.3. The second kappa shape index (κ2) is 6.41. The molecule has 0 aliphatic heterocycles. The van der Waals surface area contributed by atoms with Gasteiger partial charge in [-0.15, -0.1) is 11.8 Å². The van der Waals surface area contributed by atoms with E-state index in [-0.39, 0.29) is 0 Å². The van der Waals surface area contributed by atoms with Crippen LogP contribution in [-0.4, -0.2) is 24.8 Å². The first-order chi connectivity index (χ1) is 8.04. The summed E-state index contributed by atoms with van der Waals surface area (Å²) in [6, 6.07) is 2.25. The van der Waals surface area contributed by atoms with Gasteiger partial charge in [0.1, 0.15) is 0 Å². The number of hydrogen-bond donors (Lipinski definition) is 2. The van der Waals surface area contributed by atoms with Crippen LogP contribution in [0.2, 0.25) is 0 Å². The second-order valence-electron chi connectivity index (χ2n) is 3.11. The molecule has 1 amide bonds. The Hall–Kier alpha value is -1.34. The van der Waals surface area contributed by atoms with Crippen LogP contribution >= 0.6 is 11.8 Å². The van der Waals surface area contributed by atoms with Gasteiger partial charge in [0.2, 0.25) is 0 Å². The van der Waals surface area contributed by atoms with E-state index in [0.29, 0.717) is 17.2 Å². The van der Waals surface area contributed by atoms with Gasteiger partial charge in [0, 0.05) is 17.2 Å². The number of carbonyl (C=O) groups is 1. The highest BCUT2D eigenvalue weighted by molar-refractivity contribution is 7.99. The predicted molar refractivity (Wildman–Crippen MR) is 60.8 cm³/mol. The molecular formula is C10H12F2N2O2S. The molecule has 0 saturated carbocycles. The van der Waals surface area contributed by atoms with Crippen LogP contribution in [0.1, 0.15) is 0 Å². The summed E-state index contributed by atoms with van der Waals surface area (Å²) >= 11 is 1.23. The molecule has 0 atom stereocenters. The van der Waals surface area contributed by atoms with Crippen molar-refractivity contribution >= 4 is 17.7 Å². The highest BCUT2D eigenvalue weighted by Crippen LogP contribution is 2.28. The van der Waals surface area contributed by atoms with Crippen molar-refractivity contribution in [2.75, 3.05) is 18.9 Å². The van der Waals surface area contributed by atoms with Crippen molar-refractivity contribution < 1.29 is 18.3 Å². The molecule has 4 nitrogen and oxygen atoms in total. The number of halogens is 2. The number of ether oxygens (including phenoxy) is 1. The molecular weight excluding hydrogens is 250 g/mol. The minimum absolute atomic E-state index is 0.411. The highest BCUT2D eigenvalue weighted by atomic mass is 32.2. The molecule has 0 radical (unpaired) electrons. The largest absolute Gasteiger partial charge is 0.478 e. The van der Waals surface area contributed by atoms with Gasteiger partial charge in [0.05, 0.1) is 0 Å². The van der Waals surface area contributed by atoms with E-state index in [1.807, 2.05) is 0 Å². The number of carbonyl (C=O) groups excluding carboxylic acids is 1. The number of thioether (sulfide) groups is 1. The molecule has 1 aromatic rings. The third-order valence-electron chi connectivity index (χ3n) is 1.72. The Balaban J connectivity index is 2.82. The van der Waals surface area contributed by atoms with E-state index in [2.05, 4.69) is 4.74 Å². The molecule has 0 aromatic heterocycles. The van der Waals surface area contributed by atoms with Crippen LogP contribution in [0.3, 0.4) is 0 Å². The van der Waals surface area contributed by atoms with Crippen LogP contribution in [0.4, 0.5) is 8.78 Å². The quantitative estimate of drug-likeness (QED) is 0.746. The Kier molecular flexibility index (Phi) is 5.17. The van der Waals surface area contributed by atoms with E-state index in [1.165, 1.54) is 11.8 Å². The minimum Gasteiger partial charge on any atom is -0.478 e. The molecule has 17 heavy (non-hydrogen) atoms. The highest BCUT2D eigenvalue weighted by Gasteiger charge is 2.13. The van der Waals surface area contributed by atoms with E-state index >= 15 is 0 Å². The predicted octanol–water partition coefficient (Wildman–Crippen LogP) is 0.880. The van der Waals surface area contributed by atoms with Crippen LogP contribution in [0, 0.1) is 11.6 Å². The van der Waals surface area contributed by atoms with Crippen molar-refractivity contribution in [3.8, 4) is 5.75 Å². The van der Waals surface area contributed by atoms with Gasteiger partial charge in [-0.2, -0.15) is 0 Å². The van der Waals surface area contributed by atoms with Crippen LogP contribution < -0.4 is 16.2 Å². The van der Waals surface area contributed by atoms with Gasteiger partial charge >= 0.3 is 0 Å². The summed E-state index contributed by atoms with van der Waals surface area (Å²) < 4.78 is 31.5. The van der Waals surface area contributed by atoms with Crippen molar-refractivity contribution in [2.45, 2.75) is 4.90 Å². The van der Waals surface area contributed by atoms with Crippen LogP contribution in [0.25, 0.3) is 0 Å². The maximum Gasteiger partial charge on any atom is 0.255 e. The SMILES string of the molecule is NCCSc1cc(F)c(OCC(N)=O)c(F)c1. The molecule has 1 aromatic carbocycles. The monoisotopic (exact) mass is 262 g/mol. The van der Waals surface area contributed by atoms with Gasteiger partial charge in [-0.3, -0.25) is 4.79 Å². The summed E-state index contributed by atoms with van der Waals surface area (Å²) in [6.07, 6.45) is 0. The zero-order valence-corrected chi connectivity index (χ0v) is 9.73. The molecule has 0 saturated heterocycles. The summed E-state index contributed by atoms with van der Waals surface area (Å²) in [6.45, 7) is -0.156. The summed E-state index contributed by atoms with van der Waals surface area (Å²) in [7, 11) is 0. The van der Waals surface area contributed by atoms with Crippen molar-refractivity contribution in [1.29, 1.82) is 0 Å². The second-order valence-corrected chi connectivity index (χ2v) is 4.28. The molecule has 0 spiro atoms. The van der Waals surface area contributed by atoms with Gasteiger partial charge in [-0.05, 0) is 12.1 Å². The van der Waals surface area contributed by atoms with Crippen LogP contribution in [-0.2, 0) is 4.79 Å². The molecule has 0 aliphatic carbocycles. The smallest absolute Gasteiger partial charge is 0.255 e. The molecule has 0 unspecified atom stereocenters. The molecule has 0 heterocycles. The lowest BCUT2D eigenvalue weighted by molar-refractivity contribution is -0.120. The number of hydrogen-bond acceptors (Lipinski definition) is 4. The fraction of sp³-hybridized carbons (Fsp3) is 0.300. The van der Waals surface area contributed by atoms with Crippen LogP contribution in [0.15, 0.2) is 17.0 Å². The zero-order chi connectivity index (χ0) is 12.8. The van der Waals surface area contributed by atoms with Crippen LogP contribution in [0.5, 0.6) is 5.75 Å². The lowest BCUT2D eigenvalue weighted by Gasteiger charge is -2.08. The number of benzene rings is 1. The molecule has 1 rings (SSSR count). The van der Waals surface area contributed by atoms with E-state index in [0.717, 1.165) is 12.1 Å². The van der Waals surface area contributed by atoms with Gasteiger partial charge in [-0.25, -0.2) is 8.78 Å². The summed E-state index contributed by atoms with van der Waals surface area (Å²) in [5.74, 6) is -2.58. The molecule has 7 heteroatoms. The number of primary amides is 1. The summed E-state index contributed by atoms with van der Waals surface area (Å²) in [5.41, 5.74) is 10.1. The lowest BCUT2D eigenvalue weighted by Crippen LogP contribution is -2.20. The third-order valence-corrected chi connectivity index (χ3v) is 2.73. The Morgan fingerprint density at radius 2 is 1.94 bits per heavy atom. The first-order valence-electron chi connectivity index (χ1n) is 4.77. The fourth-order valence-electron chi connectivity index (χ4n) is 1.08. The Morgan fingerprint density at radius 1 is 1.35 bits per heavy atom. The Morgan fingerprint density at radius 3 is 2.41 bits per heavy atom. The molecule has 0 aliphatic rings. The molecule has 4 N–H and O–H groups in total. The average molecular weight is 262 g/mol. The van der Waals surface area contributed by atoms with Crippen molar-refractivity contribution in [1.82, 2.24) is 0 Å². The molecule has 0 bridgehead atoms. The topological polar surface area (TPSA) is 78.3 Å². The van der Waals surface area contributed by atoms with E-state index in [4.69, 9.17) is 11.5 Å². The van der Waals surface area contributed by atoms with Crippen molar-refractivity contribution in [2.24, 2.45) is 11.5 Å². The summed E-state index contributed by atoms with van der Waals surface area (Å²) in [5, 5.41) is 0. The minimum atomic E-state index is -0.870. The van der Waals surface area contributed by atoms with E-state index in [9.17, 15) is 13.6 Å². The molecule has 0 fully saturated rings. The van der Waals surface area contributed by atoms with Gasteiger partial charge in [0.15, 0.2) is 24.0 Å². The molecule has 94 valence electrons. The number of rotatable bonds is 6. The maximum absolute atomic E-state index is 13.4. The van der Waals surface area contributed by atoms with Gasteiger partial charge < -0.3 is 16.2 Å². The van der Waals surface area contributed by atoms with Gasteiger partial charge in [0.25, 0.3) is 5.91 Å². The van der Waals surface area contributed by atoms with Crippen molar-refractivity contribution in [3.05, 3.63) is 23.8 Å². The Bertz CT molecular complexity index is 392. The van der Waals surface area contributed by atoms with Gasteiger partial charge in [-0.1, -0.05) is 0 Å². The maximum atomic E-state index is 13.4.